The zero-order valence-electron chi connectivity index (χ0n) is 7.36. The van der Waals surface area contributed by atoms with Gasteiger partial charge in [-0.2, -0.15) is 0 Å². The highest BCUT2D eigenvalue weighted by Gasteiger charge is 2.30. The Morgan fingerprint density at radius 1 is 1.67 bits per heavy atom. The Hall–Kier alpha value is -0.560. The predicted molar refractivity (Wildman–Crippen MR) is 46.7 cm³/mol. The topological polar surface area (TPSA) is 32.7 Å². The number of aliphatic hydroxyl groups excluding tert-OH is 1. The number of terminal acetylenes is 1. The minimum atomic E-state index is -0.354. The van der Waals surface area contributed by atoms with E-state index in [9.17, 15) is 5.11 Å². The highest BCUT2D eigenvalue weighted by molar-refractivity contribution is 4.89. The van der Waals surface area contributed by atoms with E-state index in [0.717, 1.165) is 19.5 Å². The van der Waals surface area contributed by atoms with Crippen molar-refractivity contribution in [3.63, 3.8) is 0 Å². The average Bonchev–Trinajstić information content (AvgIpc) is 2.43. The van der Waals surface area contributed by atoms with Crippen molar-refractivity contribution in [2.24, 2.45) is 0 Å². The molecule has 1 fully saturated rings. The van der Waals surface area contributed by atoms with Gasteiger partial charge in [-0.25, -0.2) is 0 Å². The van der Waals surface area contributed by atoms with Gasteiger partial charge in [0.1, 0.15) is 0 Å². The lowest BCUT2D eigenvalue weighted by Crippen LogP contribution is -2.25. The van der Waals surface area contributed by atoms with Gasteiger partial charge in [-0.3, -0.25) is 4.90 Å². The number of nitrogens with zero attached hydrogens (tertiary/aromatic N) is 1. The molecule has 0 unspecified atom stereocenters. The lowest BCUT2D eigenvalue weighted by Gasteiger charge is -2.12. The Labute approximate surface area is 73.3 Å². The first-order chi connectivity index (χ1) is 5.77. The van der Waals surface area contributed by atoms with E-state index >= 15 is 0 Å². The molecule has 1 aliphatic rings. The smallest absolute Gasteiger partial charge is 0.0969 e. The third kappa shape index (κ3) is 2.21. The molecule has 0 spiro atoms. The fraction of sp³-hybridized carbons (Fsp3) is 0.778. The van der Waals surface area contributed by atoms with Crippen LogP contribution in [0.2, 0.25) is 0 Å². The molecule has 0 amide bonds. The Kier molecular flexibility index (Phi) is 3.54. The number of likely N-dealkylation sites (tertiary alicyclic amines) is 1. The van der Waals surface area contributed by atoms with Gasteiger partial charge in [-0.1, -0.05) is 0 Å². The molecule has 3 nitrogen and oxygen atoms in total. The summed E-state index contributed by atoms with van der Waals surface area (Å²) < 4.78 is 5.09. The van der Waals surface area contributed by atoms with E-state index in [-0.39, 0.29) is 12.2 Å². The number of β-amino-alcohol motifs (C(OH)–C–C–N with tert-alkyl or cyclic N) is 1. The Morgan fingerprint density at radius 3 is 2.92 bits per heavy atom. The Bertz CT molecular complexity index is 176. The summed E-state index contributed by atoms with van der Waals surface area (Å²) in [5.41, 5.74) is 0. The van der Waals surface area contributed by atoms with Crippen LogP contribution in [-0.2, 0) is 4.74 Å². The molecule has 0 aromatic carbocycles. The zero-order chi connectivity index (χ0) is 8.97. The second kappa shape index (κ2) is 4.46. The first-order valence-corrected chi connectivity index (χ1v) is 4.14. The summed E-state index contributed by atoms with van der Waals surface area (Å²) in [6, 6.07) is 0. The van der Waals surface area contributed by atoms with Gasteiger partial charge in [0.2, 0.25) is 0 Å². The fourth-order valence-electron chi connectivity index (χ4n) is 1.47. The van der Waals surface area contributed by atoms with E-state index < -0.39 is 0 Å². The monoisotopic (exact) mass is 169 g/mol. The van der Waals surface area contributed by atoms with Gasteiger partial charge in [0, 0.05) is 33.2 Å². The van der Waals surface area contributed by atoms with Crippen molar-refractivity contribution in [3.05, 3.63) is 0 Å². The summed E-state index contributed by atoms with van der Waals surface area (Å²) in [6.45, 7) is 2.33. The fourth-order valence-corrected chi connectivity index (χ4v) is 1.47. The molecule has 1 aliphatic heterocycles. The minimum absolute atomic E-state index is 0.0391. The average molecular weight is 169 g/mol. The van der Waals surface area contributed by atoms with E-state index in [4.69, 9.17) is 11.2 Å². The molecule has 0 bridgehead atoms. The van der Waals surface area contributed by atoms with Crippen LogP contribution in [0.1, 0.15) is 6.42 Å². The van der Waals surface area contributed by atoms with E-state index in [0.29, 0.717) is 6.54 Å². The second-order valence-electron chi connectivity index (χ2n) is 3.06. The molecule has 0 radical (unpaired) electrons. The Morgan fingerprint density at radius 2 is 2.42 bits per heavy atom. The normalized spacial score (nSPS) is 30.4. The van der Waals surface area contributed by atoms with Crippen LogP contribution in [0.15, 0.2) is 0 Å². The minimum Gasteiger partial charge on any atom is -0.389 e. The Balaban J connectivity index is 2.29. The third-order valence-electron chi connectivity index (χ3n) is 2.19. The van der Waals surface area contributed by atoms with Crippen molar-refractivity contribution in [1.29, 1.82) is 0 Å². The first kappa shape index (κ1) is 9.53. The summed E-state index contributed by atoms with van der Waals surface area (Å²) in [4.78, 5) is 2.12. The molecule has 0 aromatic heterocycles. The van der Waals surface area contributed by atoms with Gasteiger partial charge in [0.05, 0.1) is 12.2 Å². The molecule has 68 valence electrons. The molecule has 0 saturated carbocycles. The van der Waals surface area contributed by atoms with E-state index in [1.54, 1.807) is 7.11 Å². The summed E-state index contributed by atoms with van der Waals surface area (Å²) >= 11 is 0. The van der Waals surface area contributed by atoms with Crippen LogP contribution in [0.5, 0.6) is 0 Å². The zero-order valence-corrected chi connectivity index (χ0v) is 7.36. The van der Waals surface area contributed by atoms with Crippen LogP contribution in [0.4, 0.5) is 0 Å². The number of ether oxygens (including phenoxy) is 1. The molecule has 2 atom stereocenters. The summed E-state index contributed by atoms with van der Waals surface area (Å²) in [5, 5.41) is 9.44. The number of hydrogen-bond acceptors (Lipinski definition) is 3. The lowest BCUT2D eigenvalue weighted by atomic mass is 10.3. The molecule has 3 heteroatoms. The SMILES string of the molecule is C#CCCN1C[C@@H](O)[C@H](OC)C1. The molecular formula is C9H15NO2. The first-order valence-electron chi connectivity index (χ1n) is 4.14. The number of hydrogen-bond donors (Lipinski definition) is 1. The van der Waals surface area contributed by atoms with Crippen LogP contribution in [0.3, 0.4) is 0 Å². The molecule has 1 saturated heterocycles. The van der Waals surface area contributed by atoms with Gasteiger partial charge >= 0.3 is 0 Å². The van der Waals surface area contributed by atoms with Crippen molar-refractivity contribution >= 4 is 0 Å². The van der Waals surface area contributed by atoms with E-state index in [2.05, 4.69) is 10.8 Å². The van der Waals surface area contributed by atoms with Crippen molar-refractivity contribution in [2.75, 3.05) is 26.7 Å². The molecule has 0 aliphatic carbocycles. The van der Waals surface area contributed by atoms with Crippen LogP contribution in [0.25, 0.3) is 0 Å². The van der Waals surface area contributed by atoms with Crippen molar-refractivity contribution < 1.29 is 9.84 Å². The van der Waals surface area contributed by atoms with Gasteiger partial charge < -0.3 is 9.84 Å². The number of methoxy groups -OCH3 is 1. The molecule has 1 N–H and O–H groups in total. The van der Waals surface area contributed by atoms with Gasteiger partial charge in [-0.05, 0) is 0 Å². The molecule has 0 aromatic rings. The van der Waals surface area contributed by atoms with Crippen molar-refractivity contribution in [3.8, 4) is 12.3 Å². The summed E-state index contributed by atoms with van der Waals surface area (Å²) in [7, 11) is 1.62. The lowest BCUT2D eigenvalue weighted by molar-refractivity contribution is 0.0215. The van der Waals surface area contributed by atoms with E-state index in [1.165, 1.54) is 0 Å². The molecule has 1 heterocycles. The summed E-state index contributed by atoms with van der Waals surface area (Å²) in [5.74, 6) is 2.58. The number of aliphatic hydroxyl groups is 1. The highest BCUT2D eigenvalue weighted by Crippen LogP contribution is 2.12. The maximum atomic E-state index is 9.44. The maximum absolute atomic E-state index is 9.44. The van der Waals surface area contributed by atoms with E-state index in [1.807, 2.05) is 0 Å². The standard InChI is InChI=1S/C9H15NO2/c1-3-4-5-10-6-8(11)9(7-10)12-2/h1,8-9,11H,4-7H2,2H3/t8-,9-/m1/s1. The van der Waals surface area contributed by atoms with Crippen LogP contribution in [0, 0.1) is 12.3 Å². The quantitative estimate of drug-likeness (QED) is 0.589. The highest BCUT2D eigenvalue weighted by atomic mass is 16.5. The van der Waals surface area contributed by atoms with Crippen LogP contribution < -0.4 is 0 Å². The van der Waals surface area contributed by atoms with Crippen molar-refractivity contribution in [1.82, 2.24) is 4.90 Å². The van der Waals surface area contributed by atoms with Gasteiger partial charge in [0.25, 0.3) is 0 Å². The predicted octanol–water partition coefficient (Wildman–Crippen LogP) is -0.299. The molecule has 1 rings (SSSR count). The molecule has 12 heavy (non-hydrogen) atoms. The summed E-state index contributed by atoms with van der Waals surface area (Å²) in [6.07, 6.45) is 5.48. The second-order valence-corrected chi connectivity index (χ2v) is 3.06. The largest absolute Gasteiger partial charge is 0.389 e. The van der Waals surface area contributed by atoms with Crippen LogP contribution in [-0.4, -0.2) is 49.0 Å². The maximum Gasteiger partial charge on any atom is 0.0969 e. The molecular weight excluding hydrogens is 154 g/mol. The van der Waals surface area contributed by atoms with Gasteiger partial charge in [0.15, 0.2) is 0 Å². The van der Waals surface area contributed by atoms with Crippen molar-refractivity contribution in [2.45, 2.75) is 18.6 Å². The van der Waals surface area contributed by atoms with Crippen LogP contribution >= 0.6 is 0 Å². The number of rotatable bonds is 3. The van der Waals surface area contributed by atoms with Gasteiger partial charge in [-0.15, -0.1) is 12.3 Å². The third-order valence-corrected chi connectivity index (χ3v) is 2.19.